The van der Waals surface area contributed by atoms with E-state index in [-0.39, 0.29) is 132 Å². The Morgan fingerprint density at radius 2 is 0.553 bits per heavy atom. The lowest BCUT2D eigenvalue weighted by molar-refractivity contribution is -0.162. The van der Waals surface area contributed by atoms with E-state index in [4.69, 9.17) is 33.2 Å². The van der Waals surface area contributed by atoms with Crippen molar-refractivity contribution in [2.75, 3.05) is 33.0 Å². The van der Waals surface area contributed by atoms with E-state index < -0.39 is 5.60 Å². The third-order valence-corrected chi connectivity index (χ3v) is 20.4. The minimum atomic E-state index is -0.396. The summed E-state index contributed by atoms with van der Waals surface area (Å²) < 4.78 is 36.5. The second kappa shape index (κ2) is 59.0. The smallest absolute Gasteiger partial charge is 0.309 e. The van der Waals surface area contributed by atoms with Gasteiger partial charge in [-0.1, -0.05) is 99.3 Å². The number of hydrogen-bond acceptors (Lipinski definition) is 21. The average molecular weight is 1470 g/mol. The van der Waals surface area contributed by atoms with E-state index in [0.717, 1.165) is 244 Å². The minimum Gasteiger partial charge on any atom is -0.465 e. The maximum Gasteiger partial charge on any atom is 0.309 e. The predicted octanol–water partition coefficient (Wildman–Crippen LogP) is 15.0. The van der Waals surface area contributed by atoms with Gasteiger partial charge < -0.3 is 68.9 Å². The van der Waals surface area contributed by atoms with Crippen molar-refractivity contribution in [3.05, 3.63) is 0 Å². The first kappa shape index (κ1) is 97.0. The number of aliphatic hydroxyl groups excluding tert-OH is 7. The highest BCUT2D eigenvalue weighted by Crippen LogP contribution is 2.32. The zero-order valence-corrected chi connectivity index (χ0v) is 66.3. The van der Waals surface area contributed by atoms with Crippen molar-refractivity contribution in [3.8, 4) is 0 Å². The summed E-state index contributed by atoms with van der Waals surface area (Å²) in [6.07, 6.45) is 35.1. The minimum absolute atomic E-state index is 0.00220. The molecule has 0 amide bonds. The van der Waals surface area contributed by atoms with Gasteiger partial charge in [0.15, 0.2) is 0 Å². The van der Waals surface area contributed by atoms with Crippen molar-refractivity contribution in [2.24, 2.45) is 47.3 Å². The maximum atomic E-state index is 11.9. The Balaban J connectivity index is 0.000000602. The van der Waals surface area contributed by atoms with E-state index in [1.54, 1.807) is 0 Å². The third kappa shape index (κ3) is 48.8. The highest BCUT2D eigenvalue weighted by molar-refractivity contribution is 5.75. The molecule has 103 heavy (non-hydrogen) atoms. The van der Waals surface area contributed by atoms with Gasteiger partial charge in [-0.2, -0.15) is 0 Å². The number of carbonyl (C=O) groups is 7. The molecule has 21 heteroatoms. The lowest BCUT2D eigenvalue weighted by Gasteiger charge is -2.27. The molecule has 7 saturated carbocycles. The maximum absolute atomic E-state index is 11.9. The number of hydrogen-bond donors (Lipinski definition) is 7. The fraction of sp³-hybridized carbons (Fsp3) is 0.915. The Labute approximate surface area is 622 Å². The summed E-state index contributed by atoms with van der Waals surface area (Å²) in [4.78, 5) is 81.0. The van der Waals surface area contributed by atoms with Crippen molar-refractivity contribution in [1.82, 2.24) is 0 Å². The Kier molecular flexibility index (Phi) is 55.6. The van der Waals surface area contributed by atoms with Crippen LogP contribution in [0.5, 0.6) is 0 Å². The fourth-order valence-corrected chi connectivity index (χ4v) is 13.3. The van der Waals surface area contributed by atoms with E-state index in [0.29, 0.717) is 39.0 Å². The number of aliphatic hydroxyl groups is 7. The third-order valence-electron chi connectivity index (χ3n) is 20.4. The lowest BCUT2D eigenvalue weighted by atomic mass is 9.87. The molecule has 0 radical (unpaired) electrons. The number of esters is 7. The summed E-state index contributed by atoms with van der Waals surface area (Å²) in [5.74, 6) is 0.210. The normalized spacial score (nSPS) is 27.1. The van der Waals surface area contributed by atoms with Crippen molar-refractivity contribution < 1.29 is 102 Å². The average Bonchev–Trinajstić information content (AvgIpc) is 1.11. The molecule has 7 N–H and O–H groups in total. The first-order valence-electron chi connectivity index (χ1n) is 41.1. The van der Waals surface area contributed by atoms with Gasteiger partial charge in [0.05, 0.1) is 123 Å². The van der Waals surface area contributed by atoms with E-state index in [1.165, 1.54) is 25.7 Å². The fourth-order valence-electron chi connectivity index (χ4n) is 13.3. The van der Waals surface area contributed by atoms with Crippen LogP contribution in [0.15, 0.2) is 0 Å². The molecule has 0 heterocycles. The highest BCUT2D eigenvalue weighted by Gasteiger charge is 2.33. The summed E-state index contributed by atoms with van der Waals surface area (Å²) in [7, 11) is 0. The van der Waals surface area contributed by atoms with Crippen LogP contribution >= 0.6 is 0 Å². The largest absolute Gasteiger partial charge is 0.465 e. The second-order valence-corrected chi connectivity index (χ2v) is 31.4. The number of carbonyl (C=O) groups excluding carboxylic acids is 7. The van der Waals surface area contributed by atoms with Crippen molar-refractivity contribution >= 4 is 41.8 Å². The van der Waals surface area contributed by atoms with Crippen molar-refractivity contribution in [1.29, 1.82) is 0 Å². The first-order chi connectivity index (χ1) is 49.1. The molecule has 0 spiro atoms. The summed E-state index contributed by atoms with van der Waals surface area (Å²) in [6.45, 7) is 24.8. The standard InChI is InChI=1S/C15H28O3.C13H24O3.C12H22O3.2C11H20O3.2C10H18O3/c1-3-5-6-12(4-2)11-18-15(17)13-7-9-14(16)10-8-13;1-2-3-4-5-10-16-13(15)11-6-8-12(14)9-7-11;1-2-3-4-9-15-12(14)10-5-7-11(13)8-6-10;1-11(2,3)14-10(13)8-4-6-9(12)7-5-8;1-2-3-8-14-11(13)9-4-6-10(12)7-5-9;1-7(2)13-10(12)8-3-5-9(11)6-4-8;1-2-7-13-10(12)8-3-5-9(11)6-4-8/h12-14,16H,3-11H2,1-2H3;11-12,14H,2-10H2,1H3;10-11,13H,2-9H2,1H3;8-9,12H,4-7H2,1-3H3;9-10,12H,2-8H2,1H3;7-9,11H,3-6H2,1-2H3;8-9,11H,2-7H2,1H3. The van der Waals surface area contributed by atoms with Crippen LogP contribution in [0.3, 0.4) is 0 Å². The van der Waals surface area contributed by atoms with Crippen LogP contribution in [0.2, 0.25) is 0 Å². The molecule has 7 aliphatic carbocycles. The molecule has 0 aromatic rings. The van der Waals surface area contributed by atoms with Crippen molar-refractivity contribution in [3.63, 3.8) is 0 Å². The van der Waals surface area contributed by atoms with Gasteiger partial charge in [0.1, 0.15) is 5.60 Å². The number of ether oxygens (including phenoxy) is 7. The SMILES string of the molecule is CC(C)(C)OC(=O)C1CCC(O)CC1.CC(C)OC(=O)C1CCC(O)CC1.CCCCC(CC)COC(=O)C1CCC(O)CC1.CCCCCCOC(=O)C1CCC(O)CC1.CCCCCOC(=O)C1CCC(O)CC1.CCCCOC(=O)C1CCC(O)CC1.CCCOC(=O)C1CCC(O)CC1. The topological polar surface area (TPSA) is 326 Å². The Morgan fingerprint density at radius 1 is 0.301 bits per heavy atom. The van der Waals surface area contributed by atoms with Crippen LogP contribution in [-0.2, 0) is 66.7 Å². The number of rotatable bonds is 28. The van der Waals surface area contributed by atoms with Gasteiger partial charge in [-0.25, -0.2) is 0 Å². The molecule has 1 unspecified atom stereocenters. The van der Waals surface area contributed by atoms with Gasteiger partial charge in [-0.05, 0) is 252 Å². The molecular formula is C82H150O21. The molecule has 1 atom stereocenters. The molecule has 0 saturated heterocycles. The monoisotopic (exact) mass is 1470 g/mol. The lowest BCUT2D eigenvalue weighted by Crippen LogP contribution is -2.31. The van der Waals surface area contributed by atoms with E-state index in [2.05, 4.69) is 34.6 Å². The van der Waals surface area contributed by atoms with Crippen LogP contribution in [0.4, 0.5) is 0 Å². The van der Waals surface area contributed by atoms with E-state index in [1.807, 2.05) is 41.5 Å². The zero-order valence-electron chi connectivity index (χ0n) is 66.3. The highest BCUT2D eigenvalue weighted by atomic mass is 16.6. The Bertz CT molecular complexity index is 2150. The van der Waals surface area contributed by atoms with Crippen LogP contribution in [0.1, 0.15) is 346 Å². The summed E-state index contributed by atoms with van der Waals surface area (Å²) in [5.41, 5.74) is -0.396. The molecular weight excluding hydrogens is 1320 g/mol. The Morgan fingerprint density at radius 3 is 0.825 bits per heavy atom. The van der Waals surface area contributed by atoms with Crippen molar-refractivity contribution in [2.45, 2.75) is 400 Å². The summed E-state index contributed by atoms with van der Waals surface area (Å²) in [6, 6.07) is 0. The molecule has 7 rings (SSSR count). The molecule has 0 aromatic heterocycles. The van der Waals surface area contributed by atoms with Crippen LogP contribution < -0.4 is 0 Å². The van der Waals surface area contributed by atoms with Gasteiger partial charge in [-0.3, -0.25) is 33.6 Å². The van der Waals surface area contributed by atoms with Crippen LogP contribution in [0, 0.1) is 47.3 Å². The van der Waals surface area contributed by atoms with Gasteiger partial charge >= 0.3 is 41.8 Å². The van der Waals surface area contributed by atoms with E-state index in [9.17, 15) is 69.3 Å². The number of unbranched alkanes of at least 4 members (excludes halogenated alkanes) is 7. The van der Waals surface area contributed by atoms with Gasteiger partial charge in [-0.15, -0.1) is 0 Å². The molecule has 0 aliphatic heterocycles. The summed E-state index contributed by atoms with van der Waals surface area (Å²) in [5, 5.41) is 65.1. The first-order valence-corrected chi connectivity index (χ1v) is 41.1. The predicted molar refractivity (Wildman–Crippen MR) is 400 cm³/mol. The molecule has 21 nitrogen and oxygen atoms in total. The van der Waals surface area contributed by atoms with Gasteiger partial charge in [0, 0.05) is 0 Å². The Hall–Kier alpha value is -3.99. The molecule has 7 aliphatic rings. The molecule has 7 fully saturated rings. The van der Waals surface area contributed by atoms with Gasteiger partial charge in [0.2, 0.25) is 0 Å². The summed E-state index contributed by atoms with van der Waals surface area (Å²) >= 11 is 0. The van der Waals surface area contributed by atoms with E-state index >= 15 is 0 Å². The van der Waals surface area contributed by atoms with Crippen LogP contribution in [-0.4, -0.2) is 165 Å². The molecule has 604 valence electrons. The quantitative estimate of drug-likeness (QED) is 0.0217. The molecule has 0 aromatic carbocycles. The van der Waals surface area contributed by atoms with Gasteiger partial charge in [0.25, 0.3) is 0 Å². The molecule has 0 bridgehead atoms. The van der Waals surface area contributed by atoms with Crippen LogP contribution in [0.25, 0.3) is 0 Å². The zero-order chi connectivity index (χ0) is 77.0. The second-order valence-electron chi connectivity index (χ2n) is 31.4.